The van der Waals surface area contributed by atoms with Crippen LogP contribution in [-0.2, 0) is 4.74 Å². The molecule has 3 rings (SSSR count). The number of fused-ring (bicyclic) bond motifs is 2. The van der Waals surface area contributed by atoms with Crippen LogP contribution in [0.25, 0.3) is 0 Å². The van der Waals surface area contributed by atoms with Crippen LogP contribution in [0.1, 0.15) is 47.5 Å². The third-order valence-electron chi connectivity index (χ3n) is 4.07. The molecule has 1 aliphatic carbocycles. The molecule has 0 saturated heterocycles. The molecule has 3 atom stereocenters. The number of hydrogen-bond donors (Lipinski definition) is 0. The summed E-state index contributed by atoms with van der Waals surface area (Å²) in [7, 11) is 0. The molecule has 80 valence electrons. The molecule has 1 nitrogen and oxygen atoms in total. The van der Waals surface area contributed by atoms with Crippen molar-refractivity contribution in [1.82, 2.24) is 0 Å². The fraction of sp³-hybridized carbons (Fsp3) is 0.846. The summed E-state index contributed by atoms with van der Waals surface area (Å²) in [6.07, 6.45) is 2.76. The third kappa shape index (κ3) is 1.33. The van der Waals surface area contributed by atoms with E-state index in [0.717, 1.165) is 5.92 Å². The Kier molecular flexibility index (Phi) is 2.26. The maximum absolute atomic E-state index is 6.22. The van der Waals surface area contributed by atoms with Crippen molar-refractivity contribution in [2.45, 2.75) is 59.2 Å². The van der Waals surface area contributed by atoms with Crippen LogP contribution < -0.4 is 0 Å². The van der Waals surface area contributed by atoms with Gasteiger partial charge in [-0.25, -0.2) is 0 Å². The van der Waals surface area contributed by atoms with Crippen molar-refractivity contribution in [3.05, 3.63) is 11.1 Å². The Balaban J connectivity index is 2.17. The second kappa shape index (κ2) is 3.10. The molecule has 3 unspecified atom stereocenters. The van der Waals surface area contributed by atoms with E-state index in [-0.39, 0.29) is 5.60 Å². The van der Waals surface area contributed by atoms with Gasteiger partial charge in [-0.3, -0.25) is 0 Å². The van der Waals surface area contributed by atoms with Gasteiger partial charge in [0.2, 0.25) is 0 Å². The molecule has 1 heteroatoms. The van der Waals surface area contributed by atoms with Gasteiger partial charge >= 0.3 is 0 Å². The van der Waals surface area contributed by atoms with Gasteiger partial charge in [0.1, 0.15) is 0 Å². The van der Waals surface area contributed by atoms with Crippen LogP contribution in [0.2, 0.25) is 0 Å². The molecule has 3 aliphatic rings. The van der Waals surface area contributed by atoms with Gasteiger partial charge in [0, 0.05) is 5.92 Å². The van der Waals surface area contributed by atoms with Gasteiger partial charge in [-0.1, -0.05) is 26.3 Å². The normalized spacial score (nSPS) is 41.6. The van der Waals surface area contributed by atoms with Gasteiger partial charge in [0.15, 0.2) is 0 Å². The van der Waals surface area contributed by atoms with E-state index in [1.54, 1.807) is 5.57 Å². The van der Waals surface area contributed by atoms with Crippen molar-refractivity contribution in [2.75, 3.05) is 0 Å². The predicted molar refractivity (Wildman–Crippen MR) is 59.2 cm³/mol. The average molecular weight is 194 g/mol. The van der Waals surface area contributed by atoms with E-state index in [9.17, 15) is 0 Å². The Hall–Kier alpha value is -0.300. The Bertz CT molecular complexity index is 277. The summed E-state index contributed by atoms with van der Waals surface area (Å²) < 4.78 is 6.22. The molecule has 1 fully saturated rings. The second-order valence-corrected chi connectivity index (χ2v) is 5.66. The molecule has 0 spiro atoms. The van der Waals surface area contributed by atoms with Crippen LogP contribution in [0.15, 0.2) is 11.1 Å². The van der Waals surface area contributed by atoms with E-state index in [4.69, 9.17) is 4.74 Å². The fourth-order valence-corrected chi connectivity index (χ4v) is 2.82. The molecular weight excluding hydrogens is 172 g/mol. The van der Waals surface area contributed by atoms with Crippen molar-refractivity contribution in [3.63, 3.8) is 0 Å². The highest BCUT2D eigenvalue weighted by Gasteiger charge is 2.51. The number of hydrogen-bond acceptors (Lipinski definition) is 1. The SMILES string of the molecule is CC1=C2CC(C)(OC1CC(C)C)C2C. The first kappa shape index (κ1) is 10.2. The molecule has 2 aliphatic heterocycles. The van der Waals surface area contributed by atoms with E-state index < -0.39 is 0 Å². The largest absolute Gasteiger partial charge is 0.367 e. The Morgan fingerprint density at radius 3 is 2.64 bits per heavy atom. The highest BCUT2D eigenvalue weighted by molar-refractivity contribution is 5.34. The Morgan fingerprint density at radius 1 is 1.50 bits per heavy atom. The first-order valence-corrected chi connectivity index (χ1v) is 5.81. The molecule has 2 heterocycles. The minimum absolute atomic E-state index is 0.161. The summed E-state index contributed by atoms with van der Waals surface area (Å²) in [6, 6.07) is 0. The molecule has 2 bridgehead atoms. The summed E-state index contributed by atoms with van der Waals surface area (Å²) >= 11 is 0. The van der Waals surface area contributed by atoms with Gasteiger partial charge < -0.3 is 4.74 Å². The van der Waals surface area contributed by atoms with Crippen molar-refractivity contribution in [2.24, 2.45) is 11.8 Å². The Labute approximate surface area is 87.5 Å². The first-order valence-electron chi connectivity index (χ1n) is 5.81. The quantitative estimate of drug-likeness (QED) is 0.611. The topological polar surface area (TPSA) is 9.23 Å². The lowest BCUT2D eigenvalue weighted by Gasteiger charge is -2.55. The zero-order valence-electron chi connectivity index (χ0n) is 10.1. The van der Waals surface area contributed by atoms with Crippen molar-refractivity contribution in [3.8, 4) is 0 Å². The number of ether oxygens (including phenoxy) is 1. The van der Waals surface area contributed by atoms with Crippen LogP contribution in [0.4, 0.5) is 0 Å². The van der Waals surface area contributed by atoms with Crippen LogP contribution in [0, 0.1) is 11.8 Å². The lowest BCUT2D eigenvalue weighted by molar-refractivity contribution is -0.148. The van der Waals surface area contributed by atoms with Gasteiger partial charge in [0.05, 0.1) is 11.7 Å². The number of rotatable bonds is 2. The van der Waals surface area contributed by atoms with Crippen molar-refractivity contribution >= 4 is 0 Å². The van der Waals surface area contributed by atoms with Crippen molar-refractivity contribution < 1.29 is 4.74 Å². The molecule has 0 radical (unpaired) electrons. The molecular formula is C13H22O. The summed E-state index contributed by atoms with van der Waals surface area (Å²) in [4.78, 5) is 0. The van der Waals surface area contributed by atoms with Gasteiger partial charge in [0.25, 0.3) is 0 Å². The maximum atomic E-state index is 6.22. The van der Waals surface area contributed by atoms with E-state index in [1.807, 2.05) is 0 Å². The minimum atomic E-state index is 0.161. The van der Waals surface area contributed by atoms with Crippen LogP contribution in [-0.4, -0.2) is 11.7 Å². The molecule has 0 aromatic heterocycles. The minimum Gasteiger partial charge on any atom is -0.367 e. The molecule has 0 aromatic carbocycles. The zero-order valence-corrected chi connectivity index (χ0v) is 10.1. The smallest absolute Gasteiger partial charge is 0.0795 e. The highest BCUT2D eigenvalue weighted by atomic mass is 16.5. The van der Waals surface area contributed by atoms with Crippen molar-refractivity contribution in [1.29, 1.82) is 0 Å². The summed E-state index contributed by atoms with van der Waals surface area (Å²) in [5.74, 6) is 1.39. The maximum Gasteiger partial charge on any atom is 0.0795 e. The molecule has 1 saturated carbocycles. The molecule has 0 aromatic rings. The molecule has 0 N–H and O–H groups in total. The third-order valence-corrected chi connectivity index (χ3v) is 4.07. The summed E-state index contributed by atoms with van der Waals surface area (Å²) in [5, 5.41) is 0. The van der Waals surface area contributed by atoms with Gasteiger partial charge in [-0.05, 0) is 38.2 Å². The van der Waals surface area contributed by atoms with Crippen LogP contribution in [0.5, 0.6) is 0 Å². The fourth-order valence-electron chi connectivity index (χ4n) is 2.82. The highest BCUT2D eigenvalue weighted by Crippen LogP contribution is 2.53. The standard InChI is InChI=1S/C13H22O/c1-8(2)6-12-9(3)11-7-13(5,14-12)10(11)4/h8,10,12H,6-7H2,1-5H3. The zero-order chi connectivity index (χ0) is 10.5. The van der Waals surface area contributed by atoms with E-state index in [1.165, 1.54) is 18.4 Å². The molecule has 14 heavy (non-hydrogen) atoms. The Morgan fingerprint density at radius 2 is 2.14 bits per heavy atom. The van der Waals surface area contributed by atoms with Crippen LogP contribution in [0.3, 0.4) is 0 Å². The van der Waals surface area contributed by atoms with Crippen LogP contribution >= 0.6 is 0 Å². The lowest BCUT2D eigenvalue weighted by atomic mass is 9.62. The first-order chi connectivity index (χ1) is 6.44. The summed E-state index contributed by atoms with van der Waals surface area (Å²) in [5.41, 5.74) is 3.35. The summed E-state index contributed by atoms with van der Waals surface area (Å²) in [6.45, 7) is 11.4. The monoisotopic (exact) mass is 194 g/mol. The average Bonchev–Trinajstić information content (AvgIpc) is 2.09. The molecule has 0 amide bonds. The van der Waals surface area contributed by atoms with E-state index >= 15 is 0 Å². The van der Waals surface area contributed by atoms with E-state index in [0.29, 0.717) is 12.0 Å². The van der Waals surface area contributed by atoms with Gasteiger partial charge in [-0.2, -0.15) is 0 Å². The van der Waals surface area contributed by atoms with E-state index in [2.05, 4.69) is 34.6 Å². The second-order valence-electron chi connectivity index (χ2n) is 5.66. The van der Waals surface area contributed by atoms with Gasteiger partial charge in [-0.15, -0.1) is 0 Å². The predicted octanol–water partition coefficient (Wildman–Crippen LogP) is 3.55. The lowest BCUT2D eigenvalue weighted by Crippen LogP contribution is -2.54.